The highest BCUT2D eigenvalue weighted by Crippen LogP contribution is 2.43. The van der Waals surface area contributed by atoms with Gasteiger partial charge in [-0.3, -0.25) is 9.59 Å². The van der Waals surface area contributed by atoms with E-state index in [1.807, 2.05) is 18.4 Å². The number of thiophene rings is 1. The first-order chi connectivity index (χ1) is 15.1. The molecule has 0 spiro atoms. The summed E-state index contributed by atoms with van der Waals surface area (Å²) in [6.07, 6.45) is 1.51. The van der Waals surface area contributed by atoms with Crippen LogP contribution in [0.3, 0.4) is 0 Å². The number of rotatable bonds is 6. The molecule has 1 aliphatic heterocycles. The second-order valence-corrected chi connectivity index (χ2v) is 7.94. The van der Waals surface area contributed by atoms with E-state index in [-0.39, 0.29) is 17.3 Å². The van der Waals surface area contributed by atoms with Gasteiger partial charge < -0.3 is 14.8 Å². The van der Waals surface area contributed by atoms with Crippen LogP contribution in [0.5, 0.6) is 5.75 Å². The minimum atomic E-state index is -0.698. The summed E-state index contributed by atoms with van der Waals surface area (Å²) in [5, 5.41) is 4.72. The predicted molar refractivity (Wildman–Crippen MR) is 117 cm³/mol. The number of amides is 1. The van der Waals surface area contributed by atoms with Gasteiger partial charge in [-0.05, 0) is 47.7 Å². The summed E-state index contributed by atoms with van der Waals surface area (Å²) >= 11 is 1.60. The Morgan fingerprint density at radius 2 is 2.03 bits per heavy atom. The molecule has 1 amide bonds. The van der Waals surface area contributed by atoms with Gasteiger partial charge in [0.1, 0.15) is 18.1 Å². The fourth-order valence-electron chi connectivity index (χ4n) is 3.48. The molecule has 0 atom stereocenters. The molecule has 1 N–H and O–H groups in total. The zero-order chi connectivity index (χ0) is 22.0. The van der Waals surface area contributed by atoms with Gasteiger partial charge in [0.15, 0.2) is 12.0 Å². The summed E-state index contributed by atoms with van der Waals surface area (Å²) in [6, 6.07) is 8.62. The monoisotopic (exact) mass is 436 g/mol. The van der Waals surface area contributed by atoms with E-state index in [9.17, 15) is 14.4 Å². The lowest BCUT2D eigenvalue weighted by molar-refractivity contribution is 0.0594. The molecule has 7 nitrogen and oxygen atoms in total. The molecule has 0 fully saturated rings. The van der Waals surface area contributed by atoms with Crippen molar-refractivity contribution < 1.29 is 23.9 Å². The fraction of sp³-hybridized carbons (Fsp3) is 0.217. The number of pyridine rings is 1. The van der Waals surface area contributed by atoms with Crippen molar-refractivity contribution in [3.63, 3.8) is 0 Å². The van der Waals surface area contributed by atoms with Crippen LogP contribution in [0, 0.1) is 0 Å². The van der Waals surface area contributed by atoms with E-state index in [0.717, 1.165) is 28.7 Å². The Labute approximate surface area is 183 Å². The van der Waals surface area contributed by atoms with Gasteiger partial charge in [0.05, 0.1) is 7.11 Å². The first kappa shape index (κ1) is 20.7. The number of carbonyl (C=O) groups excluding carboxylic acids is 3. The number of fused-ring (bicyclic) bond motifs is 3. The van der Waals surface area contributed by atoms with Crippen LogP contribution < -0.4 is 10.1 Å². The average Bonchev–Trinajstić information content (AvgIpc) is 3.30. The van der Waals surface area contributed by atoms with Crippen LogP contribution in [0.15, 0.2) is 35.7 Å². The van der Waals surface area contributed by atoms with Crippen molar-refractivity contribution in [2.75, 3.05) is 13.7 Å². The Kier molecular flexibility index (Phi) is 5.81. The van der Waals surface area contributed by atoms with Crippen LogP contribution >= 0.6 is 11.3 Å². The number of nitrogens with zero attached hydrogens (tertiary/aromatic N) is 1. The molecular weight excluding hydrogens is 416 g/mol. The molecule has 31 heavy (non-hydrogen) atoms. The number of nitrogens with one attached hydrogen (secondary N) is 1. The van der Waals surface area contributed by atoms with Crippen molar-refractivity contribution in [2.45, 2.75) is 20.0 Å². The van der Waals surface area contributed by atoms with E-state index in [1.54, 1.807) is 29.5 Å². The van der Waals surface area contributed by atoms with Gasteiger partial charge in [-0.15, -0.1) is 11.3 Å². The normalized spacial score (nSPS) is 11.7. The van der Waals surface area contributed by atoms with Crippen LogP contribution in [-0.2, 0) is 11.3 Å². The number of aromatic nitrogens is 1. The van der Waals surface area contributed by atoms with Gasteiger partial charge in [-0.1, -0.05) is 6.92 Å². The molecule has 0 radical (unpaired) electrons. The summed E-state index contributed by atoms with van der Waals surface area (Å²) in [4.78, 5) is 42.1. The van der Waals surface area contributed by atoms with E-state index in [1.165, 1.54) is 13.2 Å². The van der Waals surface area contributed by atoms with Crippen molar-refractivity contribution in [3.05, 3.63) is 57.5 Å². The Balaban J connectivity index is 1.85. The van der Waals surface area contributed by atoms with Crippen LogP contribution in [0.4, 0.5) is 0 Å². The average molecular weight is 436 g/mol. The maximum Gasteiger partial charge on any atom is 0.357 e. The second-order valence-electron chi connectivity index (χ2n) is 6.94. The van der Waals surface area contributed by atoms with Crippen molar-refractivity contribution in [1.29, 1.82) is 0 Å². The van der Waals surface area contributed by atoms with Crippen LogP contribution in [0.2, 0.25) is 0 Å². The summed E-state index contributed by atoms with van der Waals surface area (Å²) in [5.41, 5.74) is 3.19. The predicted octanol–water partition coefficient (Wildman–Crippen LogP) is 4.11. The molecule has 0 unspecified atom stereocenters. The van der Waals surface area contributed by atoms with Crippen molar-refractivity contribution in [2.24, 2.45) is 0 Å². The number of methoxy groups -OCH3 is 1. The molecule has 0 saturated carbocycles. The minimum Gasteiger partial charge on any atom is -0.487 e. The smallest absolute Gasteiger partial charge is 0.357 e. The quantitative estimate of drug-likeness (QED) is 0.462. The lowest BCUT2D eigenvalue weighted by Gasteiger charge is -2.20. The first-order valence-corrected chi connectivity index (χ1v) is 10.7. The molecule has 3 aromatic rings. The van der Waals surface area contributed by atoms with Gasteiger partial charge in [0.2, 0.25) is 0 Å². The molecule has 2 aromatic heterocycles. The summed E-state index contributed by atoms with van der Waals surface area (Å²) in [7, 11) is 1.24. The third-order valence-electron chi connectivity index (χ3n) is 5.01. The first-order valence-electron chi connectivity index (χ1n) is 9.78. The molecule has 1 aliphatic rings. The van der Waals surface area contributed by atoms with E-state index < -0.39 is 5.97 Å². The van der Waals surface area contributed by atoms with Gasteiger partial charge in [0.25, 0.3) is 5.91 Å². The molecular formula is C23H20N2O5S. The molecule has 0 bridgehead atoms. The Morgan fingerprint density at radius 3 is 2.77 bits per heavy atom. The van der Waals surface area contributed by atoms with Crippen molar-refractivity contribution in [3.8, 4) is 28.0 Å². The number of aldehydes is 1. The van der Waals surface area contributed by atoms with E-state index >= 15 is 0 Å². The third kappa shape index (κ3) is 3.82. The third-order valence-corrected chi connectivity index (χ3v) is 5.90. The summed E-state index contributed by atoms with van der Waals surface area (Å²) in [6.45, 7) is 2.88. The maximum absolute atomic E-state index is 12.5. The Morgan fingerprint density at radius 1 is 1.19 bits per heavy atom. The highest BCUT2D eigenvalue weighted by atomic mass is 32.1. The molecule has 1 aromatic carbocycles. The van der Waals surface area contributed by atoms with Gasteiger partial charge in [-0.2, -0.15) is 0 Å². The van der Waals surface area contributed by atoms with Crippen LogP contribution in [0.25, 0.3) is 22.3 Å². The molecule has 158 valence electrons. The van der Waals surface area contributed by atoms with Gasteiger partial charge >= 0.3 is 5.97 Å². The minimum absolute atomic E-state index is 0.0401. The largest absolute Gasteiger partial charge is 0.487 e. The van der Waals surface area contributed by atoms with Crippen LogP contribution in [-0.4, -0.2) is 36.8 Å². The molecule has 0 aliphatic carbocycles. The number of hydrogen-bond donors (Lipinski definition) is 1. The highest BCUT2D eigenvalue weighted by molar-refractivity contribution is 7.10. The van der Waals surface area contributed by atoms with Crippen LogP contribution in [0.1, 0.15) is 49.6 Å². The topological polar surface area (TPSA) is 94.6 Å². The number of ether oxygens (including phenoxy) is 2. The van der Waals surface area contributed by atoms with E-state index in [4.69, 9.17) is 9.47 Å². The van der Waals surface area contributed by atoms with Crippen molar-refractivity contribution >= 4 is 29.5 Å². The fourth-order valence-corrected chi connectivity index (χ4v) is 4.28. The standard InChI is InChI=1S/C23H20N2O5S/c1-3-7-24-22(27)18-5-4-15(21(25-18)23(28)29-2)16-10-19-17(9-13(16)11-26)14-6-8-31-20(14)12-30-19/h4-6,8-11H,3,7,12H2,1-2H3,(H,24,27). The molecule has 0 saturated heterocycles. The molecule has 4 rings (SSSR count). The molecule has 3 heterocycles. The summed E-state index contributed by atoms with van der Waals surface area (Å²) < 4.78 is 10.8. The Bertz CT molecular complexity index is 1180. The number of carbonyl (C=O) groups is 3. The van der Waals surface area contributed by atoms with Crippen molar-refractivity contribution in [1.82, 2.24) is 10.3 Å². The lowest BCUT2D eigenvalue weighted by Crippen LogP contribution is -2.25. The number of benzene rings is 1. The second kappa shape index (κ2) is 8.69. The van der Waals surface area contributed by atoms with Gasteiger partial charge in [0, 0.05) is 33.7 Å². The van der Waals surface area contributed by atoms with Gasteiger partial charge in [-0.25, -0.2) is 9.78 Å². The summed E-state index contributed by atoms with van der Waals surface area (Å²) in [5.74, 6) is -0.462. The zero-order valence-electron chi connectivity index (χ0n) is 17.1. The highest BCUT2D eigenvalue weighted by Gasteiger charge is 2.25. The lowest BCUT2D eigenvalue weighted by atomic mass is 9.93. The number of hydrogen-bond acceptors (Lipinski definition) is 7. The Hall–Kier alpha value is -3.52. The van der Waals surface area contributed by atoms with E-state index in [0.29, 0.717) is 35.6 Å². The molecule has 8 heteroatoms. The van der Waals surface area contributed by atoms with E-state index in [2.05, 4.69) is 10.3 Å². The number of esters is 1. The maximum atomic E-state index is 12.5. The SMILES string of the molecule is CCCNC(=O)c1ccc(-c2cc3c(cc2C=O)-c2ccsc2CO3)c(C(=O)OC)n1. The zero-order valence-corrected chi connectivity index (χ0v) is 17.9.